The summed E-state index contributed by atoms with van der Waals surface area (Å²) in [6.45, 7) is 5.11. The van der Waals surface area contributed by atoms with Gasteiger partial charge in [0.05, 0.1) is 0 Å². The SMILES string of the molecule is CCNC(=NCC1(CCO)CCCCC1)NCCCCSC. The Kier molecular flexibility index (Phi) is 10.8. The zero-order valence-corrected chi connectivity index (χ0v) is 15.3. The number of nitrogens with one attached hydrogen (secondary N) is 2. The Morgan fingerprint density at radius 2 is 1.95 bits per heavy atom. The zero-order chi connectivity index (χ0) is 16.1. The van der Waals surface area contributed by atoms with E-state index in [9.17, 15) is 5.11 Å². The molecule has 0 radical (unpaired) electrons. The van der Waals surface area contributed by atoms with Crippen molar-refractivity contribution in [2.24, 2.45) is 10.4 Å². The van der Waals surface area contributed by atoms with Gasteiger partial charge < -0.3 is 15.7 Å². The molecule has 0 spiro atoms. The number of guanidine groups is 1. The van der Waals surface area contributed by atoms with Crippen LogP contribution in [0.4, 0.5) is 0 Å². The predicted molar refractivity (Wildman–Crippen MR) is 98.8 cm³/mol. The van der Waals surface area contributed by atoms with Gasteiger partial charge in [0.1, 0.15) is 0 Å². The fourth-order valence-corrected chi connectivity index (χ4v) is 3.69. The van der Waals surface area contributed by atoms with Crippen molar-refractivity contribution < 1.29 is 5.11 Å². The van der Waals surface area contributed by atoms with Gasteiger partial charge in [-0.1, -0.05) is 19.3 Å². The van der Waals surface area contributed by atoms with E-state index in [2.05, 4.69) is 23.8 Å². The van der Waals surface area contributed by atoms with Crippen LogP contribution in [0.5, 0.6) is 0 Å². The van der Waals surface area contributed by atoms with Crippen LogP contribution >= 0.6 is 11.8 Å². The molecule has 0 aromatic heterocycles. The van der Waals surface area contributed by atoms with Gasteiger partial charge in [-0.25, -0.2) is 0 Å². The largest absolute Gasteiger partial charge is 0.396 e. The second-order valence-corrected chi connectivity index (χ2v) is 7.34. The summed E-state index contributed by atoms with van der Waals surface area (Å²) in [6.07, 6.45) is 11.8. The van der Waals surface area contributed by atoms with Crippen molar-refractivity contribution >= 4 is 17.7 Å². The van der Waals surface area contributed by atoms with Gasteiger partial charge in [-0.3, -0.25) is 4.99 Å². The lowest BCUT2D eigenvalue weighted by atomic mass is 9.72. The van der Waals surface area contributed by atoms with Crippen LogP contribution in [0.1, 0.15) is 58.3 Å². The van der Waals surface area contributed by atoms with Crippen molar-refractivity contribution in [3.05, 3.63) is 0 Å². The molecule has 3 N–H and O–H groups in total. The minimum absolute atomic E-state index is 0.230. The molecule has 5 heteroatoms. The van der Waals surface area contributed by atoms with Crippen molar-refractivity contribution in [2.75, 3.05) is 38.2 Å². The summed E-state index contributed by atoms with van der Waals surface area (Å²) in [5.74, 6) is 2.17. The molecule has 0 amide bonds. The number of nitrogens with zero attached hydrogens (tertiary/aromatic N) is 1. The fourth-order valence-electron chi connectivity index (χ4n) is 3.19. The van der Waals surface area contributed by atoms with E-state index in [1.54, 1.807) is 0 Å². The molecule has 0 aromatic rings. The van der Waals surface area contributed by atoms with E-state index in [-0.39, 0.29) is 12.0 Å². The molecule has 1 aliphatic carbocycles. The Hall–Kier alpha value is -0.420. The van der Waals surface area contributed by atoms with Crippen LogP contribution in [-0.4, -0.2) is 49.3 Å². The van der Waals surface area contributed by atoms with E-state index in [0.29, 0.717) is 0 Å². The van der Waals surface area contributed by atoms with Crippen molar-refractivity contribution in [1.29, 1.82) is 0 Å². The maximum atomic E-state index is 9.39. The first-order chi connectivity index (χ1) is 10.8. The second kappa shape index (κ2) is 12.1. The maximum Gasteiger partial charge on any atom is 0.191 e. The highest BCUT2D eigenvalue weighted by Gasteiger charge is 2.31. The first-order valence-corrected chi connectivity index (χ1v) is 10.3. The number of aliphatic imine (C=N–C) groups is 1. The minimum Gasteiger partial charge on any atom is -0.396 e. The Labute approximate surface area is 140 Å². The molecule has 130 valence electrons. The van der Waals surface area contributed by atoms with Gasteiger partial charge in [0.2, 0.25) is 0 Å². The molecule has 0 bridgehead atoms. The van der Waals surface area contributed by atoms with Crippen LogP contribution in [-0.2, 0) is 0 Å². The van der Waals surface area contributed by atoms with Gasteiger partial charge in [-0.2, -0.15) is 11.8 Å². The molecular formula is C17H35N3OS. The van der Waals surface area contributed by atoms with Crippen molar-refractivity contribution in [1.82, 2.24) is 10.6 Å². The first-order valence-electron chi connectivity index (χ1n) is 8.88. The fraction of sp³-hybridized carbons (Fsp3) is 0.941. The van der Waals surface area contributed by atoms with Gasteiger partial charge in [-0.15, -0.1) is 0 Å². The number of rotatable bonds is 10. The average molecular weight is 330 g/mol. The monoisotopic (exact) mass is 329 g/mol. The predicted octanol–water partition coefficient (Wildman–Crippen LogP) is 3.02. The quantitative estimate of drug-likeness (QED) is 0.328. The van der Waals surface area contributed by atoms with E-state index in [4.69, 9.17) is 4.99 Å². The number of thioether (sulfide) groups is 1. The molecule has 0 atom stereocenters. The molecule has 1 fully saturated rings. The smallest absolute Gasteiger partial charge is 0.191 e. The average Bonchev–Trinajstić information content (AvgIpc) is 2.53. The lowest BCUT2D eigenvalue weighted by Crippen LogP contribution is -2.39. The standard InChI is InChI=1S/C17H35N3OS/c1-3-18-16(19-12-7-8-14-22-2)20-15-17(11-13-21)9-5-4-6-10-17/h21H,3-15H2,1-2H3,(H2,18,19,20). The van der Waals surface area contributed by atoms with Crippen LogP contribution in [0, 0.1) is 5.41 Å². The Bertz CT molecular complexity index is 299. The number of aliphatic hydroxyl groups is 1. The summed E-state index contributed by atoms with van der Waals surface area (Å²) >= 11 is 1.91. The molecule has 0 aliphatic heterocycles. The summed E-state index contributed by atoms with van der Waals surface area (Å²) in [7, 11) is 0. The Morgan fingerprint density at radius 3 is 2.59 bits per heavy atom. The van der Waals surface area contributed by atoms with E-state index in [0.717, 1.165) is 32.0 Å². The number of unbranched alkanes of at least 4 members (excludes halogenated alkanes) is 1. The van der Waals surface area contributed by atoms with Gasteiger partial charge in [0.25, 0.3) is 0 Å². The first kappa shape index (κ1) is 19.6. The highest BCUT2D eigenvalue weighted by Crippen LogP contribution is 2.39. The van der Waals surface area contributed by atoms with E-state index in [1.165, 1.54) is 50.7 Å². The van der Waals surface area contributed by atoms with Gasteiger partial charge >= 0.3 is 0 Å². The van der Waals surface area contributed by atoms with Crippen LogP contribution in [0.15, 0.2) is 4.99 Å². The van der Waals surface area contributed by atoms with Crippen LogP contribution in [0.25, 0.3) is 0 Å². The van der Waals surface area contributed by atoms with E-state index < -0.39 is 0 Å². The van der Waals surface area contributed by atoms with Crippen molar-refractivity contribution in [2.45, 2.75) is 58.3 Å². The second-order valence-electron chi connectivity index (χ2n) is 6.36. The minimum atomic E-state index is 0.230. The molecule has 0 aromatic carbocycles. The summed E-state index contributed by atoms with van der Waals surface area (Å²) in [4.78, 5) is 4.82. The molecule has 0 saturated heterocycles. The number of hydrogen-bond donors (Lipinski definition) is 3. The van der Waals surface area contributed by atoms with Gasteiger partial charge in [-0.05, 0) is 56.5 Å². The molecule has 1 rings (SSSR count). The number of aliphatic hydroxyl groups excluding tert-OH is 1. The summed E-state index contributed by atoms with van der Waals surface area (Å²) < 4.78 is 0. The lowest BCUT2D eigenvalue weighted by Gasteiger charge is -2.35. The van der Waals surface area contributed by atoms with Crippen LogP contribution in [0.3, 0.4) is 0 Å². The maximum absolute atomic E-state index is 9.39. The third kappa shape index (κ3) is 7.73. The van der Waals surface area contributed by atoms with Crippen molar-refractivity contribution in [3.63, 3.8) is 0 Å². The highest BCUT2D eigenvalue weighted by atomic mass is 32.2. The summed E-state index contributed by atoms with van der Waals surface area (Å²) in [5, 5.41) is 16.2. The highest BCUT2D eigenvalue weighted by molar-refractivity contribution is 7.98. The third-order valence-corrected chi connectivity index (χ3v) is 5.24. The lowest BCUT2D eigenvalue weighted by molar-refractivity contribution is 0.137. The summed E-state index contributed by atoms with van der Waals surface area (Å²) in [5.41, 5.74) is 0.230. The third-order valence-electron chi connectivity index (χ3n) is 4.54. The Morgan fingerprint density at radius 1 is 1.18 bits per heavy atom. The topological polar surface area (TPSA) is 56.7 Å². The normalized spacial score (nSPS) is 18.2. The van der Waals surface area contributed by atoms with Crippen molar-refractivity contribution in [3.8, 4) is 0 Å². The number of hydrogen-bond acceptors (Lipinski definition) is 3. The molecule has 4 nitrogen and oxygen atoms in total. The summed E-state index contributed by atoms with van der Waals surface area (Å²) in [6, 6.07) is 0. The van der Waals surface area contributed by atoms with Crippen LogP contribution in [0.2, 0.25) is 0 Å². The van der Waals surface area contributed by atoms with Gasteiger partial charge in [0, 0.05) is 26.2 Å². The molecule has 0 heterocycles. The van der Waals surface area contributed by atoms with Gasteiger partial charge in [0.15, 0.2) is 5.96 Å². The Balaban J connectivity index is 2.47. The molecule has 1 aliphatic rings. The molecule has 22 heavy (non-hydrogen) atoms. The molecular weight excluding hydrogens is 294 g/mol. The molecule has 1 saturated carbocycles. The van der Waals surface area contributed by atoms with E-state index in [1.807, 2.05) is 11.8 Å². The zero-order valence-electron chi connectivity index (χ0n) is 14.5. The van der Waals surface area contributed by atoms with E-state index >= 15 is 0 Å². The molecule has 0 unspecified atom stereocenters. The van der Waals surface area contributed by atoms with Crippen LogP contribution < -0.4 is 10.6 Å².